The Balaban J connectivity index is 3.08. The molecule has 1 heterocycles. The van der Waals surface area contributed by atoms with Crippen molar-refractivity contribution >= 4 is 5.97 Å². The summed E-state index contributed by atoms with van der Waals surface area (Å²) in [6, 6.07) is 4.72. The maximum absolute atomic E-state index is 11.3. The van der Waals surface area contributed by atoms with Crippen LogP contribution in [-0.2, 0) is 4.74 Å². The van der Waals surface area contributed by atoms with Crippen molar-refractivity contribution in [1.82, 2.24) is 4.98 Å². The lowest BCUT2D eigenvalue weighted by atomic mass is 10.3. The van der Waals surface area contributed by atoms with E-state index in [2.05, 4.69) is 4.98 Å². The number of ether oxygens (including phenoxy) is 2. The minimum absolute atomic E-state index is 0.0766. The molecule has 0 aliphatic heterocycles. The van der Waals surface area contributed by atoms with Crippen molar-refractivity contribution in [3.8, 4) is 11.8 Å². The van der Waals surface area contributed by atoms with Crippen LogP contribution in [0.2, 0.25) is 0 Å². The Morgan fingerprint density at radius 1 is 1.60 bits per heavy atom. The predicted octanol–water partition coefficient (Wildman–Crippen LogP) is 1.14. The third-order valence-corrected chi connectivity index (χ3v) is 1.63. The average Bonchev–Trinajstić information content (AvgIpc) is 2.28. The third kappa shape index (κ3) is 2.68. The molecule has 0 radical (unpaired) electrons. The maximum Gasteiger partial charge on any atom is 0.357 e. The number of nitrogens with zero attached hydrogens (tertiary/aromatic N) is 2. The van der Waals surface area contributed by atoms with E-state index in [1.54, 1.807) is 6.92 Å². The standard InChI is InChI=1S/C10H10N2O3/c1-3-15-10(13)9-5-8(14-2)4-7(6-11)12-9/h4-5H,3H2,1-2H3. The van der Waals surface area contributed by atoms with E-state index in [1.807, 2.05) is 6.07 Å². The quantitative estimate of drug-likeness (QED) is 0.693. The second kappa shape index (κ2) is 4.96. The van der Waals surface area contributed by atoms with Crippen LogP contribution in [0.15, 0.2) is 12.1 Å². The first-order valence-electron chi connectivity index (χ1n) is 4.34. The highest BCUT2D eigenvalue weighted by atomic mass is 16.5. The lowest BCUT2D eigenvalue weighted by molar-refractivity contribution is 0.0519. The normalized spacial score (nSPS) is 9.13. The molecule has 0 unspecified atom stereocenters. The van der Waals surface area contributed by atoms with Crippen molar-refractivity contribution in [2.75, 3.05) is 13.7 Å². The van der Waals surface area contributed by atoms with Gasteiger partial charge in [-0.1, -0.05) is 0 Å². The van der Waals surface area contributed by atoms with Gasteiger partial charge in [0, 0.05) is 12.1 Å². The molecule has 0 bridgehead atoms. The smallest absolute Gasteiger partial charge is 0.357 e. The van der Waals surface area contributed by atoms with Crippen molar-refractivity contribution < 1.29 is 14.3 Å². The van der Waals surface area contributed by atoms with Crippen molar-refractivity contribution in [1.29, 1.82) is 5.26 Å². The summed E-state index contributed by atoms with van der Waals surface area (Å²) in [4.78, 5) is 15.1. The molecule has 0 N–H and O–H groups in total. The number of rotatable bonds is 3. The van der Waals surface area contributed by atoms with Crippen LogP contribution in [0, 0.1) is 11.3 Å². The zero-order valence-corrected chi connectivity index (χ0v) is 8.48. The number of esters is 1. The molecule has 0 aliphatic rings. The van der Waals surface area contributed by atoms with Crippen LogP contribution in [0.3, 0.4) is 0 Å². The zero-order chi connectivity index (χ0) is 11.3. The minimum Gasteiger partial charge on any atom is -0.497 e. The van der Waals surface area contributed by atoms with Crippen LogP contribution >= 0.6 is 0 Å². The molecular weight excluding hydrogens is 196 g/mol. The predicted molar refractivity (Wildman–Crippen MR) is 51.5 cm³/mol. The summed E-state index contributed by atoms with van der Waals surface area (Å²) in [5, 5.41) is 8.67. The van der Waals surface area contributed by atoms with E-state index in [4.69, 9.17) is 14.7 Å². The minimum atomic E-state index is -0.562. The Labute approximate surface area is 87.3 Å². The van der Waals surface area contributed by atoms with Gasteiger partial charge in [-0.3, -0.25) is 0 Å². The molecule has 0 atom stereocenters. The number of carbonyl (C=O) groups is 1. The zero-order valence-electron chi connectivity index (χ0n) is 8.48. The van der Waals surface area contributed by atoms with E-state index in [0.29, 0.717) is 5.75 Å². The molecule has 1 rings (SSSR count). The van der Waals surface area contributed by atoms with Gasteiger partial charge in [-0.2, -0.15) is 5.26 Å². The molecular formula is C10H10N2O3. The maximum atomic E-state index is 11.3. The number of hydrogen-bond acceptors (Lipinski definition) is 5. The number of pyridine rings is 1. The first kappa shape index (κ1) is 11.0. The van der Waals surface area contributed by atoms with Crippen LogP contribution in [0.25, 0.3) is 0 Å². The van der Waals surface area contributed by atoms with E-state index in [-0.39, 0.29) is 18.0 Å². The molecule has 78 valence electrons. The molecule has 0 amide bonds. The van der Waals surface area contributed by atoms with Gasteiger partial charge in [0.1, 0.15) is 17.5 Å². The van der Waals surface area contributed by atoms with Crippen LogP contribution in [0.1, 0.15) is 23.1 Å². The topological polar surface area (TPSA) is 72.2 Å². The summed E-state index contributed by atoms with van der Waals surface area (Å²) in [5.74, 6) is -0.155. The summed E-state index contributed by atoms with van der Waals surface area (Å²) in [7, 11) is 1.45. The summed E-state index contributed by atoms with van der Waals surface area (Å²) in [6.45, 7) is 1.96. The fraction of sp³-hybridized carbons (Fsp3) is 0.300. The van der Waals surface area contributed by atoms with E-state index in [1.165, 1.54) is 19.2 Å². The number of carbonyl (C=O) groups excluding carboxylic acids is 1. The van der Waals surface area contributed by atoms with Crippen LogP contribution in [0.4, 0.5) is 0 Å². The second-order valence-corrected chi connectivity index (χ2v) is 2.61. The largest absolute Gasteiger partial charge is 0.497 e. The van der Waals surface area contributed by atoms with Gasteiger partial charge in [0.2, 0.25) is 0 Å². The monoisotopic (exact) mass is 206 g/mol. The number of nitriles is 1. The fourth-order valence-corrected chi connectivity index (χ4v) is 0.990. The lowest BCUT2D eigenvalue weighted by Crippen LogP contribution is -2.08. The second-order valence-electron chi connectivity index (χ2n) is 2.61. The fourth-order valence-electron chi connectivity index (χ4n) is 0.990. The SMILES string of the molecule is CCOC(=O)c1cc(OC)cc(C#N)n1. The van der Waals surface area contributed by atoms with E-state index >= 15 is 0 Å². The Morgan fingerprint density at radius 3 is 2.87 bits per heavy atom. The molecule has 0 aromatic carbocycles. The van der Waals surface area contributed by atoms with Crippen molar-refractivity contribution in [2.45, 2.75) is 6.92 Å². The number of aromatic nitrogens is 1. The summed E-state index contributed by atoms with van der Waals surface area (Å²) < 4.78 is 9.69. The average molecular weight is 206 g/mol. The first-order chi connectivity index (χ1) is 7.21. The third-order valence-electron chi connectivity index (χ3n) is 1.63. The Hall–Kier alpha value is -2.09. The van der Waals surface area contributed by atoms with Crippen LogP contribution in [0.5, 0.6) is 5.75 Å². The molecule has 0 saturated heterocycles. The van der Waals surface area contributed by atoms with Crippen molar-refractivity contribution in [3.05, 3.63) is 23.5 Å². The highest BCUT2D eigenvalue weighted by molar-refractivity contribution is 5.87. The number of methoxy groups -OCH3 is 1. The van der Waals surface area contributed by atoms with Gasteiger partial charge in [0.05, 0.1) is 13.7 Å². The van der Waals surface area contributed by atoms with Gasteiger partial charge in [0.25, 0.3) is 0 Å². The Kier molecular flexibility index (Phi) is 3.63. The van der Waals surface area contributed by atoms with Gasteiger partial charge < -0.3 is 9.47 Å². The van der Waals surface area contributed by atoms with Gasteiger partial charge in [-0.15, -0.1) is 0 Å². The molecule has 5 heteroatoms. The van der Waals surface area contributed by atoms with Crippen molar-refractivity contribution in [2.24, 2.45) is 0 Å². The highest BCUT2D eigenvalue weighted by Gasteiger charge is 2.11. The molecule has 1 aromatic heterocycles. The van der Waals surface area contributed by atoms with Crippen LogP contribution in [-0.4, -0.2) is 24.7 Å². The van der Waals surface area contributed by atoms with Gasteiger partial charge in [-0.25, -0.2) is 9.78 Å². The first-order valence-corrected chi connectivity index (χ1v) is 4.34. The summed E-state index contributed by atoms with van der Waals surface area (Å²) in [6.07, 6.45) is 0. The van der Waals surface area contributed by atoms with E-state index < -0.39 is 5.97 Å². The Morgan fingerprint density at radius 2 is 2.33 bits per heavy atom. The van der Waals surface area contributed by atoms with Gasteiger partial charge in [0.15, 0.2) is 5.69 Å². The molecule has 15 heavy (non-hydrogen) atoms. The lowest BCUT2D eigenvalue weighted by Gasteiger charge is -2.04. The highest BCUT2D eigenvalue weighted by Crippen LogP contribution is 2.13. The summed E-state index contributed by atoms with van der Waals surface area (Å²) >= 11 is 0. The molecule has 0 fully saturated rings. The number of hydrogen-bond donors (Lipinski definition) is 0. The molecule has 0 spiro atoms. The molecule has 5 nitrogen and oxygen atoms in total. The molecule has 0 aliphatic carbocycles. The van der Waals surface area contributed by atoms with Gasteiger partial charge in [-0.05, 0) is 6.92 Å². The van der Waals surface area contributed by atoms with Crippen LogP contribution < -0.4 is 4.74 Å². The summed E-state index contributed by atoms with van der Waals surface area (Å²) in [5.41, 5.74) is 0.199. The molecule has 0 saturated carbocycles. The molecule has 1 aromatic rings. The van der Waals surface area contributed by atoms with E-state index in [9.17, 15) is 4.79 Å². The Bertz CT molecular complexity index is 410. The van der Waals surface area contributed by atoms with Crippen molar-refractivity contribution in [3.63, 3.8) is 0 Å². The van der Waals surface area contributed by atoms with E-state index in [0.717, 1.165) is 0 Å². The van der Waals surface area contributed by atoms with Gasteiger partial charge >= 0.3 is 5.97 Å².